The van der Waals surface area contributed by atoms with Gasteiger partial charge in [0, 0.05) is 5.02 Å². The highest BCUT2D eigenvalue weighted by Crippen LogP contribution is 2.40. The highest BCUT2D eigenvalue weighted by atomic mass is 35.5. The fourth-order valence-corrected chi connectivity index (χ4v) is 3.27. The Morgan fingerprint density at radius 3 is 2.22 bits per heavy atom. The van der Waals surface area contributed by atoms with Crippen molar-refractivity contribution >= 4 is 17.6 Å². The maximum atomic E-state index is 10.8. The Balaban J connectivity index is 1.56. The molecule has 0 amide bonds. The highest BCUT2D eigenvalue weighted by Gasteiger charge is 2.37. The van der Waals surface area contributed by atoms with Gasteiger partial charge in [-0.25, -0.2) is 0 Å². The van der Waals surface area contributed by atoms with Gasteiger partial charge in [-0.2, -0.15) is 0 Å². The molecule has 0 aromatic heterocycles. The number of cyclic esters (lactones) is 1. The van der Waals surface area contributed by atoms with Gasteiger partial charge in [0.15, 0.2) is 0 Å². The zero-order valence-corrected chi connectivity index (χ0v) is 11.0. The molecule has 1 heterocycles. The molecule has 96 valence electrons. The van der Waals surface area contributed by atoms with Crippen molar-refractivity contribution in [3.05, 3.63) is 34.9 Å². The lowest BCUT2D eigenvalue weighted by atomic mass is 9.75. The third-order valence-corrected chi connectivity index (χ3v) is 4.54. The van der Waals surface area contributed by atoms with Gasteiger partial charge in [-0.15, -0.1) is 0 Å². The second kappa shape index (κ2) is 4.93. The van der Waals surface area contributed by atoms with E-state index in [1.807, 2.05) is 12.1 Å². The summed E-state index contributed by atoms with van der Waals surface area (Å²) in [7, 11) is 0. The number of esters is 1. The fraction of sp³-hybridized carbons (Fsp3) is 0.533. The van der Waals surface area contributed by atoms with Crippen molar-refractivity contribution in [3.63, 3.8) is 0 Å². The molecule has 0 radical (unpaired) electrons. The molecule has 2 nitrogen and oxygen atoms in total. The first-order valence-corrected chi connectivity index (χ1v) is 7.05. The van der Waals surface area contributed by atoms with Crippen LogP contribution < -0.4 is 0 Å². The van der Waals surface area contributed by atoms with Crippen molar-refractivity contribution in [2.75, 3.05) is 0 Å². The summed E-state index contributed by atoms with van der Waals surface area (Å²) < 4.78 is 5.18. The minimum absolute atomic E-state index is 0.0279. The van der Waals surface area contributed by atoms with Gasteiger partial charge in [-0.3, -0.25) is 4.79 Å². The fourth-order valence-electron chi connectivity index (χ4n) is 3.15. The zero-order chi connectivity index (χ0) is 12.5. The Labute approximate surface area is 112 Å². The third-order valence-electron chi connectivity index (χ3n) is 4.29. The molecule has 1 atom stereocenters. The Morgan fingerprint density at radius 1 is 1.06 bits per heavy atom. The molecule has 0 spiro atoms. The Morgan fingerprint density at radius 2 is 1.67 bits per heavy atom. The summed E-state index contributed by atoms with van der Waals surface area (Å²) in [5, 5.41) is 0.800. The van der Waals surface area contributed by atoms with Gasteiger partial charge in [0.05, 0.1) is 6.42 Å². The maximum absolute atomic E-state index is 10.8. The molecule has 1 saturated carbocycles. The molecule has 1 unspecified atom stereocenters. The first-order valence-electron chi connectivity index (χ1n) is 6.67. The van der Waals surface area contributed by atoms with Crippen LogP contribution in [0, 0.1) is 5.92 Å². The van der Waals surface area contributed by atoms with Gasteiger partial charge < -0.3 is 4.74 Å². The molecular weight excluding hydrogens is 248 g/mol. The van der Waals surface area contributed by atoms with Crippen molar-refractivity contribution in [2.24, 2.45) is 5.92 Å². The summed E-state index contributed by atoms with van der Waals surface area (Å²) in [4.78, 5) is 10.8. The Hall–Kier alpha value is -1.02. The molecule has 1 aromatic carbocycles. The summed E-state index contributed by atoms with van der Waals surface area (Å²) in [6.45, 7) is 0. The summed E-state index contributed by atoms with van der Waals surface area (Å²) in [5.74, 6) is 1.21. The monoisotopic (exact) mass is 264 g/mol. The number of rotatable bonds is 2. The van der Waals surface area contributed by atoms with Crippen LogP contribution in [0.5, 0.6) is 0 Å². The van der Waals surface area contributed by atoms with E-state index < -0.39 is 0 Å². The predicted octanol–water partition coefficient (Wildman–Crippen LogP) is 3.93. The second-order valence-corrected chi connectivity index (χ2v) is 5.83. The number of hydrogen-bond donors (Lipinski definition) is 0. The number of benzene rings is 1. The van der Waals surface area contributed by atoms with Crippen molar-refractivity contribution in [3.8, 4) is 0 Å². The summed E-state index contributed by atoms with van der Waals surface area (Å²) in [5.41, 5.74) is 1.39. The average molecular weight is 265 g/mol. The maximum Gasteiger partial charge on any atom is 0.309 e. The molecule has 2 aliphatic rings. The van der Waals surface area contributed by atoms with Gasteiger partial charge >= 0.3 is 5.97 Å². The molecule has 3 heteroatoms. The van der Waals surface area contributed by atoms with Crippen molar-refractivity contribution in [1.82, 2.24) is 0 Å². The second-order valence-electron chi connectivity index (χ2n) is 5.40. The average Bonchev–Trinajstić information content (AvgIpc) is 2.36. The van der Waals surface area contributed by atoms with Crippen LogP contribution in [-0.4, -0.2) is 12.1 Å². The number of ether oxygens (including phenoxy) is 1. The van der Waals surface area contributed by atoms with E-state index in [2.05, 4.69) is 12.1 Å². The molecule has 18 heavy (non-hydrogen) atoms. The van der Waals surface area contributed by atoms with E-state index >= 15 is 0 Å². The Bertz CT molecular complexity index is 424. The first kappa shape index (κ1) is 12.0. The van der Waals surface area contributed by atoms with Gasteiger partial charge in [0.1, 0.15) is 6.10 Å². The predicted molar refractivity (Wildman–Crippen MR) is 70.6 cm³/mol. The quantitative estimate of drug-likeness (QED) is 0.757. The molecule has 2 fully saturated rings. The van der Waals surface area contributed by atoms with Gasteiger partial charge in [0.25, 0.3) is 0 Å². The number of halogens is 1. The molecule has 0 N–H and O–H groups in total. The van der Waals surface area contributed by atoms with Crippen LogP contribution in [0.2, 0.25) is 5.02 Å². The molecule has 1 saturated heterocycles. The van der Waals surface area contributed by atoms with Crippen molar-refractivity contribution in [2.45, 2.75) is 44.1 Å². The SMILES string of the molecule is O=C1CC(C2CCC(c3ccc(Cl)cc3)CC2)O1. The highest BCUT2D eigenvalue weighted by molar-refractivity contribution is 6.30. The summed E-state index contributed by atoms with van der Waals surface area (Å²) in [6.07, 6.45) is 5.58. The Kier molecular flexibility index (Phi) is 3.29. The number of hydrogen-bond acceptors (Lipinski definition) is 2. The molecule has 3 rings (SSSR count). The lowest BCUT2D eigenvalue weighted by Crippen LogP contribution is -2.40. The van der Waals surface area contributed by atoms with Crippen LogP contribution in [0.4, 0.5) is 0 Å². The molecule has 1 aliphatic heterocycles. The van der Waals surface area contributed by atoms with Crippen LogP contribution in [-0.2, 0) is 9.53 Å². The van der Waals surface area contributed by atoms with Crippen molar-refractivity contribution in [1.29, 1.82) is 0 Å². The molecular formula is C15H17ClO2. The van der Waals surface area contributed by atoms with E-state index in [1.165, 1.54) is 31.2 Å². The normalized spacial score (nSPS) is 31.6. The zero-order valence-electron chi connectivity index (χ0n) is 10.3. The first-order chi connectivity index (χ1) is 8.72. The molecule has 1 aliphatic carbocycles. The van der Waals surface area contributed by atoms with Crippen LogP contribution >= 0.6 is 11.6 Å². The third kappa shape index (κ3) is 2.39. The van der Waals surface area contributed by atoms with Crippen LogP contribution in [0.25, 0.3) is 0 Å². The van der Waals surface area contributed by atoms with E-state index in [4.69, 9.17) is 16.3 Å². The minimum atomic E-state index is -0.0279. The number of carbonyl (C=O) groups is 1. The van der Waals surface area contributed by atoms with Gasteiger partial charge in [0.2, 0.25) is 0 Å². The topological polar surface area (TPSA) is 26.3 Å². The standard InChI is InChI=1S/C15H17ClO2/c16-13-7-5-11(6-8-13)10-1-3-12(4-2-10)14-9-15(17)18-14/h5-8,10,12,14H,1-4,9H2. The van der Waals surface area contributed by atoms with E-state index in [0.29, 0.717) is 18.3 Å². The van der Waals surface area contributed by atoms with E-state index in [9.17, 15) is 4.79 Å². The van der Waals surface area contributed by atoms with Crippen LogP contribution in [0.1, 0.15) is 43.6 Å². The largest absolute Gasteiger partial charge is 0.461 e. The lowest BCUT2D eigenvalue weighted by molar-refractivity contribution is -0.176. The summed E-state index contributed by atoms with van der Waals surface area (Å²) >= 11 is 5.91. The molecule has 0 bridgehead atoms. The van der Waals surface area contributed by atoms with E-state index in [0.717, 1.165) is 5.02 Å². The molecule has 1 aromatic rings. The van der Waals surface area contributed by atoms with Gasteiger partial charge in [-0.05, 0) is 55.2 Å². The lowest BCUT2D eigenvalue weighted by Gasteiger charge is -2.37. The minimum Gasteiger partial charge on any atom is -0.461 e. The van der Waals surface area contributed by atoms with Crippen molar-refractivity contribution < 1.29 is 9.53 Å². The van der Waals surface area contributed by atoms with E-state index in [-0.39, 0.29) is 12.1 Å². The van der Waals surface area contributed by atoms with Gasteiger partial charge in [-0.1, -0.05) is 23.7 Å². The van der Waals surface area contributed by atoms with E-state index in [1.54, 1.807) is 0 Å². The number of carbonyl (C=O) groups excluding carboxylic acids is 1. The van der Waals surface area contributed by atoms with Crippen LogP contribution in [0.15, 0.2) is 24.3 Å². The summed E-state index contributed by atoms with van der Waals surface area (Å²) in [6, 6.07) is 8.21. The van der Waals surface area contributed by atoms with Crippen LogP contribution in [0.3, 0.4) is 0 Å². The smallest absolute Gasteiger partial charge is 0.309 e.